The van der Waals surface area contributed by atoms with Gasteiger partial charge in [0, 0.05) is 23.1 Å². The van der Waals surface area contributed by atoms with Crippen LogP contribution in [0.3, 0.4) is 0 Å². The number of nitrogens with zero attached hydrogens (tertiary/aromatic N) is 3. The smallest absolute Gasteiger partial charge is 0.223 e. The van der Waals surface area contributed by atoms with Gasteiger partial charge in [0.25, 0.3) is 0 Å². The standard InChI is InChI=1S/C16H16N4OS/c1-10-7-14(21-20-10)13-9-18-16(19-15(13)11-4-5-11)17-8-12-3-2-6-22-12/h2-3,6-7,9,11H,4-5,8H2,1H3,(H,17,18,19). The van der Waals surface area contributed by atoms with Crippen molar-refractivity contribution in [1.82, 2.24) is 15.1 Å². The van der Waals surface area contributed by atoms with E-state index in [1.807, 2.05) is 25.3 Å². The van der Waals surface area contributed by atoms with Gasteiger partial charge in [-0.3, -0.25) is 0 Å². The third-order valence-corrected chi connectivity index (χ3v) is 4.55. The third-order valence-electron chi connectivity index (χ3n) is 3.68. The minimum atomic E-state index is 0.519. The molecule has 22 heavy (non-hydrogen) atoms. The number of hydrogen-bond donors (Lipinski definition) is 1. The monoisotopic (exact) mass is 312 g/mol. The molecule has 0 unspecified atom stereocenters. The summed E-state index contributed by atoms with van der Waals surface area (Å²) in [5, 5.41) is 9.33. The maximum absolute atomic E-state index is 5.38. The van der Waals surface area contributed by atoms with Crippen LogP contribution < -0.4 is 5.32 Å². The molecule has 1 fully saturated rings. The molecule has 0 atom stereocenters. The summed E-state index contributed by atoms with van der Waals surface area (Å²) in [6, 6.07) is 6.09. The molecule has 0 saturated heterocycles. The SMILES string of the molecule is Cc1cc(-c2cnc(NCc3cccs3)nc2C2CC2)on1. The van der Waals surface area contributed by atoms with E-state index in [0.717, 1.165) is 29.3 Å². The summed E-state index contributed by atoms with van der Waals surface area (Å²) in [4.78, 5) is 10.4. The lowest BCUT2D eigenvalue weighted by Gasteiger charge is -2.08. The Kier molecular flexibility index (Phi) is 3.38. The Hall–Kier alpha value is -2.21. The van der Waals surface area contributed by atoms with Crippen molar-refractivity contribution in [3.8, 4) is 11.3 Å². The molecule has 1 N–H and O–H groups in total. The lowest BCUT2D eigenvalue weighted by Crippen LogP contribution is -2.05. The Balaban J connectivity index is 1.61. The normalized spacial score (nSPS) is 14.2. The summed E-state index contributed by atoms with van der Waals surface area (Å²) in [6.45, 7) is 2.67. The third kappa shape index (κ3) is 2.74. The number of thiophene rings is 1. The molecular formula is C16H16N4OS. The highest BCUT2D eigenvalue weighted by molar-refractivity contribution is 7.09. The predicted octanol–water partition coefficient (Wildman–Crippen LogP) is 3.99. The summed E-state index contributed by atoms with van der Waals surface area (Å²) >= 11 is 1.73. The zero-order valence-corrected chi connectivity index (χ0v) is 13.1. The van der Waals surface area contributed by atoms with Crippen molar-refractivity contribution < 1.29 is 4.52 Å². The number of nitrogens with one attached hydrogen (secondary N) is 1. The first kappa shape index (κ1) is 13.5. The molecule has 0 aliphatic heterocycles. The Bertz CT molecular complexity index is 777. The summed E-state index contributed by atoms with van der Waals surface area (Å²) < 4.78 is 5.38. The minimum absolute atomic E-state index is 0.519. The van der Waals surface area contributed by atoms with Gasteiger partial charge in [-0.2, -0.15) is 0 Å². The molecule has 0 radical (unpaired) electrons. The lowest BCUT2D eigenvalue weighted by molar-refractivity contribution is 0.426. The zero-order chi connectivity index (χ0) is 14.9. The maximum Gasteiger partial charge on any atom is 0.223 e. The van der Waals surface area contributed by atoms with Crippen molar-refractivity contribution in [2.45, 2.75) is 32.2 Å². The summed E-state index contributed by atoms with van der Waals surface area (Å²) in [5.74, 6) is 1.95. The molecule has 0 amide bonds. The fraction of sp³-hybridized carbons (Fsp3) is 0.312. The highest BCUT2D eigenvalue weighted by atomic mass is 32.1. The van der Waals surface area contributed by atoms with Crippen molar-refractivity contribution in [3.05, 3.63) is 46.0 Å². The van der Waals surface area contributed by atoms with E-state index in [1.54, 1.807) is 11.3 Å². The largest absolute Gasteiger partial charge is 0.356 e. The number of anilines is 1. The van der Waals surface area contributed by atoms with Crippen LogP contribution >= 0.6 is 11.3 Å². The molecule has 5 nitrogen and oxygen atoms in total. The van der Waals surface area contributed by atoms with Gasteiger partial charge >= 0.3 is 0 Å². The van der Waals surface area contributed by atoms with Crippen molar-refractivity contribution in [3.63, 3.8) is 0 Å². The van der Waals surface area contributed by atoms with E-state index in [9.17, 15) is 0 Å². The van der Waals surface area contributed by atoms with Crippen LogP contribution in [0.1, 0.15) is 35.0 Å². The average molecular weight is 312 g/mol. The molecule has 0 spiro atoms. The van der Waals surface area contributed by atoms with Crippen LogP contribution in [0.4, 0.5) is 5.95 Å². The first-order chi connectivity index (χ1) is 10.8. The van der Waals surface area contributed by atoms with E-state index in [4.69, 9.17) is 9.51 Å². The van der Waals surface area contributed by atoms with Crippen LogP contribution in [-0.2, 0) is 6.54 Å². The molecule has 1 aliphatic rings. The van der Waals surface area contributed by atoms with E-state index in [1.165, 1.54) is 17.7 Å². The Morgan fingerprint density at radius 1 is 1.41 bits per heavy atom. The topological polar surface area (TPSA) is 63.8 Å². The highest BCUT2D eigenvalue weighted by Crippen LogP contribution is 2.43. The summed E-state index contributed by atoms with van der Waals surface area (Å²) in [6.07, 6.45) is 4.21. The maximum atomic E-state index is 5.38. The number of hydrogen-bond acceptors (Lipinski definition) is 6. The second-order valence-corrected chi connectivity index (χ2v) is 6.56. The molecule has 3 aromatic rings. The van der Waals surface area contributed by atoms with Gasteiger partial charge in [0.15, 0.2) is 5.76 Å². The first-order valence-corrected chi connectivity index (χ1v) is 8.24. The van der Waals surface area contributed by atoms with Gasteiger partial charge in [-0.1, -0.05) is 11.2 Å². The molecule has 1 aliphatic carbocycles. The molecule has 6 heteroatoms. The van der Waals surface area contributed by atoms with E-state index in [2.05, 4.69) is 26.9 Å². The quantitative estimate of drug-likeness (QED) is 0.771. The predicted molar refractivity (Wildman–Crippen MR) is 85.9 cm³/mol. The van der Waals surface area contributed by atoms with Gasteiger partial charge < -0.3 is 9.84 Å². The minimum Gasteiger partial charge on any atom is -0.356 e. The average Bonchev–Trinajstić information content (AvgIpc) is 3.07. The van der Waals surface area contributed by atoms with Crippen molar-refractivity contribution >= 4 is 17.3 Å². The number of rotatable bonds is 5. The lowest BCUT2D eigenvalue weighted by atomic mass is 10.1. The second-order valence-electron chi connectivity index (χ2n) is 5.53. The molecular weight excluding hydrogens is 296 g/mol. The van der Waals surface area contributed by atoms with Crippen molar-refractivity contribution in [1.29, 1.82) is 0 Å². The fourth-order valence-electron chi connectivity index (χ4n) is 2.41. The fourth-order valence-corrected chi connectivity index (χ4v) is 3.05. The van der Waals surface area contributed by atoms with Gasteiger partial charge in [-0.25, -0.2) is 9.97 Å². The first-order valence-electron chi connectivity index (χ1n) is 7.36. The van der Waals surface area contributed by atoms with Crippen molar-refractivity contribution in [2.24, 2.45) is 0 Å². The van der Waals surface area contributed by atoms with Gasteiger partial charge in [-0.15, -0.1) is 11.3 Å². The van der Waals surface area contributed by atoms with Gasteiger partial charge in [0.05, 0.1) is 23.5 Å². The van der Waals surface area contributed by atoms with Crippen LogP contribution in [0.25, 0.3) is 11.3 Å². The second kappa shape index (κ2) is 5.53. The van der Waals surface area contributed by atoms with Gasteiger partial charge in [0.1, 0.15) is 0 Å². The molecule has 3 heterocycles. The molecule has 112 valence electrons. The molecule has 0 aromatic carbocycles. The molecule has 4 rings (SSSR count). The van der Waals surface area contributed by atoms with Crippen molar-refractivity contribution in [2.75, 3.05) is 5.32 Å². The van der Waals surface area contributed by atoms with Crippen LogP contribution in [0.2, 0.25) is 0 Å². The van der Waals surface area contributed by atoms with Gasteiger partial charge in [0.2, 0.25) is 5.95 Å². The van der Waals surface area contributed by atoms with E-state index >= 15 is 0 Å². The van der Waals surface area contributed by atoms with Crippen LogP contribution in [0.15, 0.2) is 34.3 Å². The van der Waals surface area contributed by atoms with Crippen LogP contribution in [0, 0.1) is 6.92 Å². The van der Waals surface area contributed by atoms with Crippen LogP contribution in [-0.4, -0.2) is 15.1 Å². The van der Waals surface area contributed by atoms with Crippen LogP contribution in [0.5, 0.6) is 0 Å². The summed E-state index contributed by atoms with van der Waals surface area (Å²) in [5.41, 5.74) is 2.90. The Morgan fingerprint density at radius 2 is 2.32 bits per heavy atom. The van der Waals surface area contributed by atoms with E-state index in [0.29, 0.717) is 11.9 Å². The highest BCUT2D eigenvalue weighted by Gasteiger charge is 2.29. The van der Waals surface area contributed by atoms with E-state index < -0.39 is 0 Å². The molecule has 3 aromatic heterocycles. The Morgan fingerprint density at radius 3 is 3.00 bits per heavy atom. The number of aromatic nitrogens is 3. The Labute approximate surface area is 132 Å². The van der Waals surface area contributed by atoms with Gasteiger partial charge in [-0.05, 0) is 31.2 Å². The zero-order valence-electron chi connectivity index (χ0n) is 12.2. The molecule has 1 saturated carbocycles. The molecule has 0 bridgehead atoms. The number of aryl methyl sites for hydroxylation is 1. The van der Waals surface area contributed by atoms with E-state index in [-0.39, 0.29) is 0 Å². The summed E-state index contributed by atoms with van der Waals surface area (Å²) in [7, 11) is 0.